The van der Waals surface area contributed by atoms with E-state index >= 15 is 0 Å². The first-order valence-corrected chi connectivity index (χ1v) is 11.9. The molecule has 1 aliphatic carbocycles. The van der Waals surface area contributed by atoms with Gasteiger partial charge in [-0.25, -0.2) is 0 Å². The second kappa shape index (κ2) is 9.34. The number of amides is 1. The Labute approximate surface area is 190 Å². The zero-order chi connectivity index (χ0) is 21.9. The molecule has 0 radical (unpaired) electrons. The van der Waals surface area contributed by atoms with Gasteiger partial charge in [-0.05, 0) is 74.9 Å². The Morgan fingerprint density at radius 2 is 1.91 bits per heavy atom. The lowest BCUT2D eigenvalue weighted by atomic mass is 9.84. The fraction of sp³-hybridized carbons (Fsp3) is 0.481. The monoisotopic (exact) mass is 429 g/mol. The molecule has 2 aromatic rings. The largest absolute Gasteiger partial charge is 0.493 e. The number of hydrogen-bond acceptors (Lipinski definition) is 4. The van der Waals surface area contributed by atoms with Gasteiger partial charge in [-0.15, -0.1) is 0 Å². The lowest BCUT2D eigenvalue weighted by molar-refractivity contribution is 0.0920. The van der Waals surface area contributed by atoms with Gasteiger partial charge in [0.1, 0.15) is 5.75 Å². The van der Waals surface area contributed by atoms with Crippen LogP contribution >= 0.6 is 0 Å². The molecule has 2 atom stereocenters. The summed E-state index contributed by atoms with van der Waals surface area (Å²) < 4.78 is 5.98. The number of likely N-dealkylation sites (tertiary alicyclic amines) is 1. The lowest BCUT2D eigenvalue weighted by Gasteiger charge is -2.30. The summed E-state index contributed by atoms with van der Waals surface area (Å²) in [5.41, 5.74) is 2.69. The van der Waals surface area contributed by atoms with Crippen LogP contribution in [0.4, 0.5) is 0 Å². The van der Waals surface area contributed by atoms with E-state index in [1.807, 2.05) is 48.5 Å². The summed E-state index contributed by atoms with van der Waals surface area (Å²) in [5.74, 6) is 2.77. The molecule has 0 unspecified atom stereocenters. The Balaban J connectivity index is 1.08. The number of ether oxygens (including phenoxy) is 1. The van der Waals surface area contributed by atoms with E-state index in [4.69, 9.17) is 4.74 Å². The van der Waals surface area contributed by atoms with Gasteiger partial charge in [0.25, 0.3) is 5.91 Å². The van der Waals surface area contributed by atoms with Crippen LogP contribution in [0.25, 0.3) is 0 Å². The quantitative estimate of drug-likeness (QED) is 0.768. The van der Waals surface area contributed by atoms with Gasteiger partial charge < -0.3 is 15.0 Å². The number of nitriles is 1. The van der Waals surface area contributed by atoms with Crippen molar-refractivity contribution >= 4 is 5.91 Å². The van der Waals surface area contributed by atoms with Gasteiger partial charge in [-0.3, -0.25) is 4.79 Å². The summed E-state index contributed by atoms with van der Waals surface area (Å²) >= 11 is 0. The van der Waals surface area contributed by atoms with Gasteiger partial charge in [0.15, 0.2) is 0 Å². The summed E-state index contributed by atoms with van der Waals surface area (Å²) in [4.78, 5) is 15.0. The Morgan fingerprint density at radius 3 is 2.69 bits per heavy atom. The molecule has 5 rings (SSSR count). The maximum absolute atomic E-state index is 12.4. The standard InChI is InChI=1S/C27H31N3O2/c28-15-20-8-11-26-24(14-20)25-17-30(16-22(25)18-32-26)13-12-19-6-9-23(10-7-19)29-27(31)21-4-2-1-3-5-21/h1-5,8,11,14,19,22-23,25H,6-7,9-10,12-13,16-18H2,(H,29,31)/t19-,22-,23-,25+/m0/s1. The molecule has 2 heterocycles. The molecule has 2 fully saturated rings. The fourth-order valence-electron chi connectivity index (χ4n) is 5.72. The number of benzene rings is 2. The molecular formula is C27H31N3O2. The number of nitrogens with one attached hydrogen (secondary N) is 1. The van der Waals surface area contributed by atoms with Crippen molar-refractivity contribution in [2.75, 3.05) is 26.2 Å². The van der Waals surface area contributed by atoms with E-state index in [0.717, 1.165) is 61.9 Å². The van der Waals surface area contributed by atoms with Crippen molar-refractivity contribution in [2.24, 2.45) is 11.8 Å². The topological polar surface area (TPSA) is 65.4 Å². The number of carbonyl (C=O) groups is 1. The van der Waals surface area contributed by atoms with Gasteiger partial charge in [0, 0.05) is 42.1 Å². The Kier molecular flexibility index (Phi) is 6.14. The molecule has 0 aromatic heterocycles. The molecule has 0 bridgehead atoms. The highest BCUT2D eigenvalue weighted by Crippen LogP contribution is 2.42. The molecule has 0 spiro atoms. The van der Waals surface area contributed by atoms with Crippen LogP contribution in [0.1, 0.15) is 59.5 Å². The summed E-state index contributed by atoms with van der Waals surface area (Å²) in [7, 11) is 0. The highest BCUT2D eigenvalue weighted by Gasteiger charge is 2.39. The molecule has 32 heavy (non-hydrogen) atoms. The number of hydrogen-bond donors (Lipinski definition) is 1. The van der Waals surface area contributed by atoms with Gasteiger partial charge in [-0.1, -0.05) is 18.2 Å². The SMILES string of the molecule is N#Cc1ccc2c(c1)[C@@H]1CN(CC[C@H]3CC[C@H](NC(=O)c4ccccc4)CC3)C[C@H]1CO2. The van der Waals surface area contributed by atoms with Gasteiger partial charge in [0.05, 0.1) is 18.2 Å². The van der Waals surface area contributed by atoms with Crippen molar-refractivity contribution in [3.63, 3.8) is 0 Å². The summed E-state index contributed by atoms with van der Waals surface area (Å²) in [6, 6.07) is 17.9. The zero-order valence-electron chi connectivity index (χ0n) is 18.5. The first-order valence-electron chi connectivity index (χ1n) is 11.9. The van der Waals surface area contributed by atoms with Crippen molar-refractivity contribution in [1.82, 2.24) is 10.2 Å². The van der Waals surface area contributed by atoms with Crippen molar-refractivity contribution < 1.29 is 9.53 Å². The van der Waals surface area contributed by atoms with E-state index in [0.29, 0.717) is 17.9 Å². The molecule has 1 saturated heterocycles. The highest BCUT2D eigenvalue weighted by molar-refractivity contribution is 5.94. The zero-order valence-corrected chi connectivity index (χ0v) is 18.5. The summed E-state index contributed by atoms with van der Waals surface area (Å²) in [6.07, 6.45) is 5.76. The third-order valence-electron chi connectivity index (χ3n) is 7.58. The first kappa shape index (κ1) is 21.0. The Bertz CT molecular complexity index is 992. The number of nitrogens with zero attached hydrogens (tertiary/aromatic N) is 2. The molecule has 1 amide bonds. The van der Waals surface area contributed by atoms with Gasteiger partial charge in [0.2, 0.25) is 0 Å². The predicted molar refractivity (Wildman–Crippen MR) is 124 cm³/mol. The van der Waals surface area contributed by atoms with Crippen LogP contribution in [0.5, 0.6) is 5.75 Å². The van der Waals surface area contributed by atoms with E-state index in [1.54, 1.807) is 0 Å². The molecule has 3 aliphatic rings. The molecule has 5 heteroatoms. The van der Waals surface area contributed by atoms with Crippen LogP contribution in [-0.2, 0) is 0 Å². The summed E-state index contributed by atoms with van der Waals surface area (Å²) in [5, 5.41) is 12.5. The highest BCUT2D eigenvalue weighted by atomic mass is 16.5. The molecule has 2 aliphatic heterocycles. The van der Waals surface area contributed by atoms with Gasteiger partial charge in [-0.2, -0.15) is 5.26 Å². The molecule has 2 aromatic carbocycles. The van der Waals surface area contributed by atoms with E-state index in [1.165, 1.54) is 24.8 Å². The van der Waals surface area contributed by atoms with Crippen LogP contribution in [0.15, 0.2) is 48.5 Å². The third-order valence-corrected chi connectivity index (χ3v) is 7.58. The van der Waals surface area contributed by atoms with Crippen molar-refractivity contribution in [2.45, 2.75) is 44.1 Å². The Morgan fingerprint density at radius 1 is 1.09 bits per heavy atom. The first-order chi connectivity index (χ1) is 15.7. The molecule has 166 valence electrons. The smallest absolute Gasteiger partial charge is 0.251 e. The number of rotatable bonds is 5. The molecule has 1 saturated carbocycles. The average molecular weight is 430 g/mol. The minimum Gasteiger partial charge on any atom is -0.493 e. The summed E-state index contributed by atoms with van der Waals surface area (Å²) in [6.45, 7) is 4.07. The van der Waals surface area contributed by atoms with E-state index in [2.05, 4.69) is 16.3 Å². The van der Waals surface area contributed by atoms with E-state index < -0.39 is 0 Å². The minimum absolute atomic E-state index is 0.0516. The number of fused-ring (bicyclic) bond motifs is 3. The second-order valence-corrected chi connectivity index (χ2v) is 9.65. The van der Waals surface area contributed by atoms with Crippen LogP contribution in [-0.4, -0.2) is 43.1 Å². The maximum atomic E-state index is 12.4. The van der Waals surface area contributed by atoms with E-state index in [9.17, 15) is 10.1 Å². The maximum Gasteiger partial charge on any atom is 0.251 e. The van der Waals surface area contributed by atoms with Crippen molar-refractivity contribution in [3.8, 4) is 11.8 Å². The van der Waals surface area contributed by atoms with Crippen LogP contribution in [0.2, 0.25) is 0 Å². The van der Waals surface area contributed by atoms with Crippen LogP contribution in [0, 0.1) is 23.2 Å². The third kappa shape index (κ3) is 4.52. The fourth-order valence-corrected chi connectivity index (χ4v) is 5.72. The van der Waals surface area contributed by atoms with Crippen molar-refractivity contribution in [3.05, 3.63) is 65.2 Å². The predicted octanol–water partition coefficient (Wildman–Crippen LogP) is 4.34. The second-order valence-electron chi connectivity index (χ2n) is 9.65. The van der Waals surface area contributed by atoms with Crippen LogP contribution in [0.3, 0.4) is 0 Å². The van der Waals surface area contributed by atoms with E-state index in [-0.39, 0.29) is 5.91 Å². The average Bonchev–Trinajstić information content (AvgIpc) is 3.27. The molecular weight excluding hydrogens is 398 g/mol. The van der Waals surface area contributed by atoms with Crippen LogP contribution < -0.4 is 10.1 Å². The Hall–Kier alpha value is -2.84. The normalized spacial score (nSPS) is 27.0. The van der Waals surface area contributed by atoms with Gasteiger partial charge >= 0.3 is 0 Å². The molecule has 5 nitrogen and oxygen atoms in total. The lowest BCUT2D eigenvalue weighted by Crippen LogP contribution is -2.38. The minimum atomic E-state index is 0.0516. The van der Waals surface area contributed by atoms with Crippen molar-refractivity contribution in [1.29, 1.82) is 5.26 Å². The molecule has 1 N–H and O–H groups in total. The number of carbonyl (C=O) groups excluding carboxylic acids is 1.